The number of para-hydroxylation sites is 1. The van der Waals surface area contributed by atoms with Gasteiger partial charge in [-0.1, -0.05) is 24.3 Å². The highest BCUT2D eigenvalue weighted by Gasteiger charge is 2.20. The summed E-state index contributed by atoms with van der Waals surface area (Å²) in [6.45, 7) is 1.87. The molecule has 0 saturated carbocycles. The molecular weight excluding hydrogens is 252 g/mol. The molecule has 0 aliphatic rings. The van der Waals surface area contributed by atoms with Crippen molar-refractivity contribution >= 4 is 11.6 Å². The van der Waals surface area contributed by atoms with Crippen LogP contribution in [0, 0.1) is 0 Å². The molecule has 104 valence electrons. The maximum absolute atomic E-state index is 12.4. The number of amides is 1. The highest BCUT2D eigenvalue weighted by molar-refractivity contribution is 5.95. The Hall–Kier alpha value is -2.49. The number of phenolic OH excluding ortho intramolecular Hbond substituents is 1. The first kappa shape index (κ1) is 13.9. The number of aromatic hydroxyl groups is 1. The van der Waals surface area contributed by atoms with Gasteiger partial charge in [0.2, 0.25) is 0 Å². The molecule has 0 heterocycles. The van der Waals surface area contributed by atoms with Crippen molar-refractivity contribution in [1.29, 1.82) is 0 Å². The predicted molar refractivity (Wildman–Crippen MR) is 79.5 cm³/mol. The molecule has 0 bridgehead atoms. The second-order valence-electron chi connectivity index (χ2n) is 4.78. The maximum atomic E-state index is 12.4. The summed E-state index contributed by atoms with van der Waals surface area (Å²) in [6, 6.07) is 13.7. The van der Waals surface area contributed by atoms with E-state index in [1.54, 1.807) is 48.3 Å². The number of rotatable bonds is 3. The van der Waals surface area contributed by atoms with Gasteiger partial charge in [0.1, 0.15) is 5.75 Å². The fraction of sp³-hybridized carbons (Fsp3) is 0.188. The SMILES string of the molecule is CC(c1ccccc1O)N(C)C(=O)c1cccc(N)c1. The summed E-state index contributed by atoms with van der Waals surface area (Å²) in [4.78, 5) is 14.0. The van der Waals surface area contributed by atoms with Crippen LogP contribution in [0.4, 0.5) is 5.69 Å². The first-order chi connectivity index (χ1) is 9.50. The number of phenols is 1. The number of nitrogen functional groups attached to an aromatic ring is 1. The average molecular weight is 270 g/mol. The van der Waals surface area contributed by atoms with E-state index in [1.807, 2.05) is 19.1 Å². The number of benzene rings is 2. The molecule has 2 aromatic carbocycles. The van der Waals surface area contributed by atoms with Crippen molar-refractivity contribution < 1.29 is 9.90 Å². The Balaban J connectivity index is 2.25. The molecule has 4 nitrogen and oxygen atoms in total. The lowest BCUT2D eigenvalue weighted by Crippen LogP contribution is -2.29. The van der Waals surface area contributed by atoms with Gasteiger partial charge in [-0.15, -0.1) is 0 Å². The van der Waals surface area contributed by atoms with Gasteiger partial charge in [0.25, 0.3) is 5.91 Å². The molecule has 2 rings (SSSR count). The Morgan fingerprint density at radius 1 is 1.20 bits per heavy atom. The Kier molecular flexibility index (Phi) is 3.94. The number of hydrogen-bond acceptors (Lipinski definition) is 3. The lowest BCUT2D eigenvalue weighted by atomic mass is 10.0. The van der Waals surface area contributed by atoms with Crippen LogP contribution < -0.4 is 5.73 Å². The average Bonchev–Trinajstić information content (AvgIpc) is 2.45. The molecule has 4 heteroatoms. The van der Waals surface area contributed by atoms with Gasteiger partial charge >= 0.3 is 0 Å². The van der Waals surface area contributed by atoms with Crippen molar-refractivity contribution in [3.05, 3.63) is 59.7 Å². The molecule has 0 aromatic heterocycles. The van der Waals surface area contributed by atoms with Crippen molar-refractivity contribution in [1.82, 2.24) is 4.90 Å². The lowest BCUT2D eigenvalue weighted by Gasteiger charge is -2.26. The number of nitrogens with zero attached hydrogens (tertiary/aromatic N) is 1. The third-order valence-corrected chi connectivity index (χ3v) is 3.42. The van der Waals surface area contributed by atoms with Crippen molar-refractivity contribution in [2.45, 2.75) is 13.0 Å². The second kappa shape index (κ2) is 5.65. The van der Waals surface area contributed by atoms with Gasteiger partial charge in [-0.25, -0.2) is 0 Å². The molecule has 0 aliphatic carbocycles. The molecule has 1 atom stereocenters. The fourth-order valence-corrected chi connectivity index (χ4v) is 2.10. The van der Waals surface area contributed by atoms with E-state index in [1.165, 1.54) is 0 Å². The Labute approximate surface area is 118 Å². The van der Waals surface area contributed by atoms with Crippen LogP contribution in [0.2, 0.25) is 0 Å². The van der Waals surface area contributed by atoms with Gasteiger partial charge in [-0.3, -0.25) is 4.79 Å². The van der Waals surface area contributed by atoms with Crippen molar-refractivity contribution in [3.8, 4) is 5.75 Å². The van der Waals surface area contributed by atoms with Crippen LogP contribution in [0.5, 0.6) is 5.75 Å². The van der Waals surface area contributed by atoms with E-state index in [-0.39, 0.29) is 17.7 Å². The van der Waals surface area contributed by atoms with Gasteiger partial charge < -0.3 is 15.7 Å². The minimum absolute atomic E-state index is 0.131. The van der Waals surface area contributed by atoms with E-state index < -0.39 is 0 Å². The third-order valence-electron chi connectivity index (χ3n) is 3.42. The number of anilines is 1. The lowest BCUT2D eigenvalue weighted by molar-refractivity contribution is 0.0741. The van der Waals surface area contributed by atoms with E-state index in [2.05, 4.69) is 0 Å². The van der Waals surface area contributed by atoms with Crippen LogP contribution in [0.3, 0.4) is 0 Å². The minimum atomic E-state index is -0.231. The Bertz CT molecular complexity index is 625. The molecule has 0 aliphatic heterocycles. The minimum Gasteiger partial charge on any atom is -0.508 e. The first-order valence-corrected chi connectivity index (χ1v) is 6.41. The van der Waals surface area contributed by atoms with Crippen LogP contribution in [0.1, 0.15) is 28.9 Å². The standard InChI is InChI=1S/C16H18N2O2/c1-11(14-8-3-4-9-15(14)19)18(2)16(20)12-6-5-7-13(17)10-12/h3-11,19H,17H2,1-2H3. The van der Waals surface area contributed by atoms with Gasteiger partial charge in [-0.05, 0) is 31.2 Å². The second-order valence-corrected chi connectivity index (χ2v) is 4.78. The highest BCUT2D eigenvalue weighted by atomic mass is 16.3. The summed E-state index contributed by atoms with van der Waals surface area (Å²) >= 11 is 0. The van der Waals surface area contributed by atoms with Crippen molar-refractivity contribution in [3.63, 3.8) is 0 Å². The third kappa shape index (κ3) is 2.74. The van der Waals surface area contributed by atoms with Crippen LogP contribution in [-0.2, 0) is 0 Å². The highest BCUT2D eigenvalue weighted by Crippen LogP contribution is 2.28. The van der Waals surface area contributed by atoms with Crippen LogP contribution >= 0.6 is 0 Å². The molecule has 0 saturated heterocycles. The number of carbonyl (C=O) groups is 1. The molecular formula is C16H18N2O2. The maximum Gasteiger partial charge on any atom is 0.254 e. The Morgan fingerprint density at radius 3 is 2.55 bits per heavy atom. The predicted octanol–water partition coefficient (Wildman–Crippen LogP) is 2.81. The smallest absolute Gasteiger partial charge is 0.254 e. The van der Waals surface area contributed by atoms with Gasteiger partial charge in [0, 0.05) is 23.9 Å². The van der Waals surface area contributed by atoms with Gasteiger partial charge in [-0.2, -0.15) is 0 Å². The molecule has 1 amide bonds. The van der Waals surface area contributed by atoms with E-state index in [0.717, 1.165) is 0 Å². The van der Waals surface area contributed by atoms with Crippen molar-refractivity contribution in [2.75, 3.05) is 12.8 Å². The van der Waals surface area contributed by atoms with E-state index in [4.69, 9.17) is 5.73 Å². The van der Waals surface area contributed by atoms with E-state index >= 15 is 0 Å². The van der Waals surface area contributed by atoms with E-state index in [0.29, 0.717) is 16.8 Å². The van der Waals surface area contributed by atoms with Crippen molar-refractivity contribution in [2.24, 2.45) is 0 Å². The zero-order chi connectivity index (χ0) is 14.7. The monoisotopic (exact) mass is 270 g/mol. The summed E-state index contributed by atoms with van der Waals surface area (Å²) in [7, 11) is 1.71. The van der Waals surface area contributed by atoms with Crippen LogP contribution in [-0.4, -0.2) is 23.0 Å². The zero-order valence-corrected chi connectivity index (χ0v) is 11.6. The number of nitrogens with two attached hydrogens (primary N) is 1. The summed E-state index contributed by atoms with van der Waals surface area (Å²) in [5.41, 5.74) is 7.50. The largest absolute Gasteiger partial charge is 0.508 e. The van der Waals surface area contributed by atoms with Crippen LogP contribution in [0.25, 0.3) is 0 Å². The molecule has 20 heavy (non-hydrogen) atoms. The summed E-state index contributed by atoms with van der Waals surface area (Å²) in [5, 5.41) is 9.87. The Morgan fingerprint density at radius 2 is 1.90 bits per heavy atom. The van der Waals surface area contributed by atoms with Gasteiger partial charge in [0.15, 0.2) is 0 Å². The zero-order valence-electron chi connectivity index (χ0n) is 11.6. The molecule has 0 fully saturated rings. The normalized spacial score (nSPS) is 11.9. The fourth-order valence-electron chi connectivity index (χ4n) is 2.10. The quantitative estimate of drug-likeness (QED) is 0.843. The van der Waals surface area contributed by atoms with E-state index in [9.17, 15) is 9.90 Å². The summed E-state index contributed by atoms with van der Waals surface area (Å²) in [5.74, 6) is 0.0558. The molecule has 0 radical (unpaired) electrons. The summed E-state index contributed by atoms with van der Waals surface area (Å²) < 4.78 is 0. The molecule has 3 N–H and O–H groups in total. The molecule has 2 aromatic rings. The van der Waals surface area contributed by atoms with Crippen LogP contribution in [0.15, 0.2) is 48.5 Å². The number of carbonyl (C=O) groups excluding carboxylic acids is 1. The van der Waals surface area contributed by atoms with Gasteiger partial charge in [0.05, 0.1) is 6.04 Å². The topological polar surface area (TPSA) is 66.6 Å². The summed E-state index contributed by atoms with van der Waals surface area (Å²) in [6.07, 6.45) is 0. The molecule has 1 unspecified atom stereocenters. The number of hydrogen-bond donors (Lipinski definition) is 2. The first-order valence-electron chi connectivity index (χ1n) is 6.41. The molecule has 0 spiro atoms.